The minimum atomic E-state index is -0.754. The number of rotatable bonds is 6. The van der Waals surface area contributed by atoms with E-state index in [9.17, 15) is 4.79 Å². The molecule has 1 aromatic heterocycles. The van der Waals surface area contributed by atoms with Gasteiger partial charge in [0, 0.05) is 34.6 Å². The van der Waals surface area contributed by atoms with Crippen LogP contribution >= 0.6 is 11.6 Å². The summed E-state index contributed by atoms with van der Waals surface area (Å²) in [5.41, 5.74) is 4.76. The molecule has 130 valence electrons. The Morgan fingerprint density at radius 3 is 2.60 bits per heavy atom. The van der Waals surface area contributed by atoms with Crippen molar-refractivity contribution < 1.29 is 9.90 Å². The van der Waals surface area contributed by atoms with Crippen LogP contribution in [0.1, 0.15) is 42.5 Å². The number of carboxylic acid groups (broad SMARTS) is 1. The van der Waals surface area contributed by atoms with Crippen LogP contribution in [0.3, 0.4) is 0 Å². The maximum absolute atomic E-state index is 11.0. The highest BCUT2D eigenvalue weighted by atomic mass is 35.5. The van der Waals surface area contributed by atoms with Gasteiger partial charge in [-0.3, -0.25) is 4.79 Å². The first-order chi connectivity index (χ1) is 12.0. The van der Waals surface area contributed by atoms with Gasteiger partial charge >= 0.3 is 5.97 Å². The Kier molecular flexibility index (Phi) is 5.14. The van der Waals surface area contributed by atoms with E-state index < -0.39 is 5.97 Å². The third-order valence-electron chi connectivity index (χ3n) is 4.80. The van der Waals surface area contributed by atoms with Crippen molar-refractivity contribution in [3.63, 3.8) is 0 Å². The summed E-state index contributed by atoms with van der Waals surface area (Å²) < 4.78 is 2.30. The molecule has 25 heavy (non-hydrogen) atoms. The summed E-state index contributed by atoms with van der Waals surface area (Å²) >= 11 is 6.24. The van der Waals surface area contributed by atoms with Crippen molar-refractivity contribution in [1.29, 1.82) is 0 Å². The van der Waals surface area contributed by atoms with Gasteiger partial charge in [0.2, 0.25) is 0 Å². The second-order valence-corrected chi connectivity index (χ2v) is 7.00. The molecule has 0 saturated carbocycles. The van der Waals surface area contributed by atoms with E-state index in [0.29, 0.717) is 11.4 Å². The summed E-state index contributed by atoms with van der Waals surface area (Å²) in [5.74, 6) is -0.593. The molecule has 3 rings (SSSR count). The highest BCUT2D eigenvalue weighted by Gasteiger charge is 2.20. The molecule has 0 aliphatic rings. The van der Waals surface area contributed by atoms with Crippen LogP contribution in [0.2, 0.25) is 5.02 Å². The normalized spacial score (nSPS) is 12.4. The Morgan fingerprint density at radius 1 is 1.20 bits per heavy atom. The summed E-state index contributed by atoms with van der Waals surface area (Å²) in [6.45, 7) is 5.00. The van der Waals surface area contributed by atoms with Crippen LogP contribution in [0.25, 0.3) is 10.9 Å². The van der Waals surface area contributed by atoms with E-state index in [-0.39, 0.29) is 12.3 Å². The quantitative estimate of drug-likeness (QED) is 0.623. The fraction of sp³-hybridized carbons (Fsp3) is 0.286. The average Bonchev–Trinajstić information content (AvgIpc) is 2.85. The monoisotopic (exact) mass is 355 g/mol. The van der Waals surface area contributed by atoms with E-state index in [2.05, 4.69) is 36.6 Å². The largest absolute Gasteiger partial charge is 0.481 e. The van der Waals surface area contributed by atoms with Crippen molar-refractivity contribution >= 4 is 28.5 Å². The number of nitrogens with zero attached hydrogens (tertiary/aromatic N) is 1. The molecule has 1 atom stereocenters. The summed E-state index contributed by atoms with van der Waals surface area (Å²) in [6.07, 6.45) is 0.791. The second kappa shape index (κ2) is 7.32. The molecule has 1 unspecified atom stereocenters. The second-order valence-electron chi connectivity index (χ2n) is 6.57. The van der Waals surface area contributed by atoms with Crippen molar-refractivity contribution in [3.05, 3.63) is 70.4 Å². The Bertz CT molecular complexity index is 899. The molecule has 3 nitrogen and oxygen atoms in total. The summed E-state index contributed by atoms with van der Waals surface area (Å²) in [4.78, 5) is 11.0. The van der Waals surface area contributed by atoms with Crippen LogP contribution in [-0.2, 0) is 11.3 Å². The zero-order valence-electron chi connectivity index (χ0n) is 14.5. The molecule has 2 aromatic carbocycles. The molecule has 4 heteroatoms. The third-order valence-corrected chi connectivity index (χ3v) is 5.04. The summed E-state index contributed by atoms with van der Waals surface area (Å²) in [7, 11) is 0. The van der Waals surface area contributed by atoms with Gasteiger partial charge in [0.05, 0.1) is 0 Å². The van der Waals surface area contributed by atoms with E-state index >= 15 is 0 Å². The Balaban J connectivity index is 2.08. The van der Waals surface area contributed by atoms with Gasteiger partial charge in [-0.25, -0.2) is 0 Å². The van der Waals surface area contributed by atoms with Gasteiger partial charge < -0.3 is 9.67 Å². The predicted molar refractivity (Wildman–Crippen MR) is 103 cm³/mol. The molecule has 0 bridgehead atoms. The van der Waals surface area contributed by atoms with E-state index in [4.69, 9.17) is 16.7 Å². The lowest BCUT2D eigenvalue weighted by Gasteiger charge is -2.13. The van der Waals surface area contributed by atoms with Crippen molar-refractivity contribution in [2.75, 3.05) is 0 Å². The van der Waals surface area contributed by atoms with Crippen LogP contribution in [0, 0.1) is 6.92 Å². The molecule has 0 fully saturated rings. The van der Waals surface area contributed by atoms with Gasteiger partial charge in [0.15, 0.2) is 0 Å². The molecule has 1 N–H and O–H groups in total. The molecule has 0 saturated heterocycles. The molecule has 0 aliphatic heterocycles. The SMILES string of the molecule is Cc1c(C(C)CCC(=O)O)c2cc(Cl)ccc2n1Cc1ccccc1. The standard InChI is InChI=1S/C21H22ClNO2/c1-14(8-11-20(24)25)21-15(2)23(13-16-6-4-3-5-7-16)19-10-9-17(22)12-18(19)21/h3-7,9-10,12,14H,8,11,13H2,1-2H3,(H,24,25). The Hall–Kier alpha value is -2.26. The maximum Gasteiger partial charge on any atom is 0.303 e. The lowest BCUT2D eigenvalue weighted by Crippen LogP contribution is -2.04. The highest BCUT2D eigenvalue weighted by molar-refractivity contribution is 6.31. The van der Waals surface area contributed by atoms with E-state index in [0.717, 1.165) is 17.4 Å². The van der Waals surface area contributed by atoms with Gasteiger partial charge in [0.1, 0.15) is 0 Å². The van der Waals surface area contributed by atoms with Crippen LogP contribution < -0.4 is 0 Å². The first kappa shape index (κ1) is 17.6. The Labute approximate surface area is 152 Å². The molecular formula is C21H22ClNO2. The van der Waals surface area contributed by atoms with E-state index in [1.807, 2.05) is 30.3 Å². The minimum Gasteiger partial charge on any atom is -0.481 e. The molecular weight excluding hydrogens is 334 g/mol. The van der Waals surface area contributed by atoms with Crippen molar-refractivity contribution in [1.82, 2.24) is 4.57 Å². The van der Waals surface area contributed by atoms with Crippen molar-refractivity contribution in [2.24, 2.45) is 0 Å². The smallest absolute Gasteiger partial charge is 0.303 e. The van der Waals surface area contributed by atoms with Gasteiger partial charge in [-0.15, -0.1) is 0 Å². The zero-order valence-corrected chi connectivity index (χ0v) is 15.3. The van der Waals surface area contributed by atoms with Gasteiger partial charge in [-0.1, -0.05) is 48.9 Å². The number of aliphatic carboxylic acids is 1. The van der Waals surface area contributed by atoms with Crippen LogP contribution in [-0.4, -0.2) is 15.6 Å². The maximum atomic E-state index is 11.0. The number of fused-ring (bicyclic) bond motifs is 1. The van der Waals surface area contributed by atoms with Crippen LogP contribution in [0.15, 0.2) is 48.5 Å². The number of halogens is 1. The summed E-state index contributed by atoms with van der Waals surface area (Å²) in [6, 6.07) is 16.3. The Morgan fingerprint density at radius 2 is 1.92 bits per heavy atom. The molecule has 0 radical (unpaired) electrons. The molecule has 3 aromatic rings. The number of carbonyl (C=O) groups is 1. The molecule has 1 heterocycles. The van der Waals surface area contributed by atoms with Gasteiger partial charge in [-0.2, -0.15) is 0 Å². The number of carboxylic acids is 1. The number of aromatic nitrogens is 1. The van der Waals surface area contributed by atoms with Crippen molar-refractivity contribution in [3.8, 4) is 0 Å². The van der Waals surface area contributed by atoms with Gasteiger partial charge in [0.25, 0.3) is 0 Å². The zero-order chi connectivity index (χ0) is 18.0. The molecule has 0 amide bonds. The third kappa shape index (κ3) is 3.72. The fourth-order valence-corrected chi connectivity index (χ4v) is 3.73. The lowest BCUT2D eigenvalue weighted by molar-refractivity contribution is -0.137. The molecule has 0 aliphatic carbocycles. The summed E-state index contributed by atoms with van der Waals surface area (Å²) in [5, 5.41) is 10.8. The fourth-order valence-electron chi connectivity index (χ4n) is 3.56. The number of hydrogen-bond acceptors (Lipinski definition) is 1. The first-order valence-electron chi connectivity index (χ1n) is 8.51. The van der Waals surface area contributed by atoms with Crippen LogP contribution in [0.5, 0.6) is 0 Å². The van der Waals surface area contributed by atoms with Crippen LogP contribution in [0.4, 0.5) is 0 Å². The topological polar surface area (TPSA) is 42.2 Å². The highest BCUT2D eigenvalue weighted by Crippen LogP contribution is 2.35. The van der Waals surface area contributed by atoms with E-state index in [1.54, 1.807) is 0 Å². The first-order valence-corrected chi connectivity index (χ1v) is 8.89. The van der Waals surface area contributed by atoms with Gasteiger partial charge in [-0.05, 0) is 48.6 Å². The lowest BCUT2D eigenvalue weighted by atomic mass is 9.93. The average molecular weight is 356 g/mol. The number of hydrogen-bond donors (Lipinski definition) is 1. The predicted octanol–water partition coefficient (Wildman–Crippen LogP) is 5.62. The molecule has 0 spiro atoms. The minimum absolute atomic E-state index is 0.161. The number of benzene rings is 2. The van der Waals surface area contributed by atoms with E-state index in [1.165, 1.54) is 16.8 Å². The van der Waals surface area contributed by atoms with Crippen molar-refractivity contribution in [2.45, 2.75) is 39.2 Å².